The highest BCUT2D eigenvalue weighted by Crippen LogP contribution is 2.33. The van der Waals surface area contributed by atoms with Crippen molar-refractivity contribution in [3.63, 3.8) is 0 Å². The molecule has 2 heterocycles. The van der Waals surface area contributed by atoms with Crippen LogP contribution in [0.25, 0.3) is 0 Å². The molecule has 0 radical (unpaired) electrons. The number of rotatable bonds is 3. The number of hydrogen-bond acceptors (Lipinski definition) is 3. The minimum absolute atomic E-state index is 0.0182. The van der Waals surface area contributed by atoms with Crippen molar-refractivity contribution < 1.29 is 9.13 Å². The molecular formula is C20H17FN2O. The molecule has 1 unspecified atom stereocenters. The van der Waals surface area contributed by atoms with Crippen molar-refractivity contribution in [3.8, 4) is 11.5 Å². The Morgan fingerprint density at radius 2 is 1.96 bits per heavy atom. The topological polar surface area (TPSA) is 34.1 Å². The summed E-state index contributed by atoms with van der Waals surface area (Å²) in [5.41, 5.74) is 4.20. The molecule has 3 aromatic rings. The van der Waals surface area contributed by atoms with E-state index < -0.39 is 0 Å². The first-order chi connectivity index (χ1) is 11.7. The molecular weight excluding hydrogens is 303 g/mol. The molecule has 4 rings (SSSR count). The summed E-state index contributed by atoms with van der Waals surface area (Å²) in [5.74, 6) is 0.757. The maximum absolute atomic E-state index is 14.1. The van der Waals surface area contributed by atoms with Crippen LogP contribution in [-0.4, -0.2) is 4.98 Å². The fraction of sp³-hybridized carbons (Fsp3) is 0.150. The van der Waals surface area contributed by atoms with E-state index in [1.807, 2.05) is 37.3 Å². The third kappa shape index (κ3) is 2.88. The first-order valence-electron chi connectivity index (χ1n) is 7.91. The molecule has 4 heteroatoms. The van der Waals surface area contributed by atoms with Crippen LogP contribution >= 0.6 is 0 Å². The van der Waals surface area contributed by atoms with Crippen molar-refractivity contribution in [2.24, 2.45) is 0 Å². The van der Waals surface area contributed by atoms with Crippen molar-refractivity contribution in [1.82, 2.24) is 10.3 Å². The zero-order valence-corrected chi connectivity index (χ0v) is 13.3. The monoisotopic (exact) mass is 320 g/mol. The molecule has 1 aliphatic heterocycles. The van der Waals surface area contributed by atoms with Gasteiger partial charge in [-0.15, -0.1) is 0 Å². The van der Waals surface area contributed by atoms with Crippen LogP contribution in [0.1, 0.15) is 28.4 Å². The Bertz CT molecular complexity index is 877. The largest absolute Gasteiger partial charge is 0.456 e. The lowest BCUT2D eigenvalue weighted by molar-refractivity contribution is 0.472. The molecule has 1 N–H and O–H groups in total. The molecule has 120 valence electrons. The van der Waals surface area contributed by atoms with Gasteiger partial charge < -0.3 is 10.1 Å². The lowest BCUT2D eigenvalue weighted by Gasteiger charge is -2.15. The number of hydrogen-bond donors (Lipinski definition) is 1. The molecule has 1 aromatic heterocycles. The van der Waals surface area contributed by atoms with Crippen molar-refractivity contribution in [1.29, 1.82) is 0 Å². The van der Waals surface area contributed by atoms with Gasteiger partial charge in [-0.3, -0.25) is 4.98 Å². The highest BCUT2D eigenvalue weighted by Gasteiger charge is 2.23. The summed E-state index contributed by atoms with van der Waals surface area (Å²) >= 11 is 0. The summed E-state index contributed by atoms with van der Waals surface area (Å²) in [6.07, 6.45) is 1.64. The Balaban J connectivity index is 1.66. The van der Waals surface area contributed by atoms with Gasteiger partial charge in [0.15, 0.2) is 0 Å². The molecule has 0 amide bonds. The predicted octanol–water partition coefficient (Wildman–Crippen LogP) is 4.51. The highest BCUT2D eigenvalue weighted by molar-refractivity contribution is 5.44. The van der Waals surface area contributed by atoms with Crippen molar-refractivity contribution in [3.05, 3.63) is 89.0 Å². The van der Waals surface area contributed by atoms with E-state index in [-0.39, 0.29) is 11.9 Å². The second-order valence-electron chi connectivity index (χ2n) is 5.97. The van der Waals surface area contributed by atoms with Crippen molar-refractivity contribution >= 4 is 0 Å². The van der Waals surface area contributed by atoms with E-state index in [0.717, 1.165) is 17.8 Å². The van der Waals surface area contributed by atoms with E-state index in [1.165, 1.54) is 17.2 Å². The molecule has 0 saturated carbocycles. The SMILES string of the molecule is Cc1ccc(Oc2cc(F)cc(C3NCc4ccccc43)c2)cn1. The summed E-state index contributed by atoms with van der Waals surface area (Å²) in [5, 5.41) is 3.43. The summed E-state index contributed by atoms with van der Waals surface area (Å²) < 4.78 is 19.9. The van der Waals surface area contributed by atoms with Gasteiger partial charge in [0.25, 0.3) is 0 Å². The third-order valence-electron chi connectivity index (χ3n) is 4.21. The van der Waals surface area contributed by atoms with Crippen LogP contribution in [0.4, 0.5) is 4.39 Å². The average molecular weight is 320 g/mol. The summed E-state index contributed by atoms with van der Waals surface area (Å²) in [7, 11) is 0. The van der Waals surface area contributed by atoms with Crippen LogP contribution in [0.3, 0.4) is 0 Å². The third-order valence-corrected chi connectivity index (χ3v) is 4.21. The van der Waals surface area contributed by atoms with Gasteiger partial charge in [0.2, 0.25) is 0 Å². The van der Waals surface area contributed by atoms with Crippen LogP contribution in [0.2, 0.25) is 0 Å². The van der Waals surface area contributed by atoms with Gasteiger partial charge in [-0.05, 0) is 47.9 Å². The van der Waals surface area contributed by atoms with E-state index >= 15 is 0 Å². The summed E-state index contributed by atoms with van der Waals surface area (Å²) in [6, 6.07) is 16.7. The molecule has 0 spiro atoms. The van der Waals surface area contributed by atoms with Crippen molar-refractivity contribution in [2.75, 3.05) is 0 Å². The normalized spacial score (nSPS) is 16.0. The van der Waals surface area contributed by atoms with Gasteiger partial charge in [0.05, 0.1) is 12.2 Å². The predicted molar refractivity (Wildman–Crippen MR) is 90.6 cm³/mol. The zero-order valence-electron chi connectivity index (χ0n) is 13.3. The number of aromatic nitrogens is 1. The van der Waals surface area contributed by atoms with Crippen LogP contribution in [0.5, 0.6) is 11.5 Å². The molecule has 24 heavy (non-hydrogen) atoms. The van der Waals surface area contributed by atoms with Gasteiger partial charge in [-0.2, -0.15) is 0 Å². The molecule has 0 bridgehead atoms. The Morgan fingerprint density at radius 1 is 1.08 bits per heavy atom. The Kier molecular flexibility index (Phi) is 3.75. The van der Waals surface area contributed by atoms with E-state index in [0.29, 0.717) is 11.5 Å². The van der Waals surface area contributed by atoms with E-state index in [1.54, 1.807) is 12.3 Å². The van der Waals surface area contributed by atoms with Crippen LogP contribution in [0.15, 0.2) is 60.8 Å². The first kappa shape index (κ1) is 14.8. The number of benzene rings is 2. The van der Waals surface area contributed by atoms with Crippen LogP contribution in [-0.2, 0) is 6.54 Å². The number of fused-ring (bicyclic) bond motifs is 1. The molecule has 0 fully saturated rings. The second-order valence-corrected chi connectivity index (χ2v) is 5.97. The Labute approximate surface area is 140 Å². The van der Waals surface area contributed by atoms with Gasteiger partial charge >= 0.3 is 0 Å². The number of halogens is 1. The fourth-order valence-corrected chi connectivity index (χ4v) is 3.06. The first-order valence-corrected chi connectivity index (χ1v) is 7.91. The Hall–Kier alpha value is -2.72. The lowest BCUT2D eigenvalue weighted by Crippen LogP contribution is -2.13. The molecule has 0 aliphatic carbocycles. The van der Waals surface area contributed by atoms with Gasteiger partial charge in [0, 0.05) is 18.3 Å². The molecule has 1 aliphatic rings. The zero-order chi connectivity index (χ0) is 16.5. The number of pyridine rings is 1. The molecule has 1 atom stereocenters. The summed E-state index contributed by atoms with van der Waals surface area (Å²) in [6.45, 7) is 2.70. The number of nitrogens with zero attached hydrogens (tertiary/aromatic N) is 1. The standard InChI is InChI=1S/C20H17FN2O/c1-13-6-7-17(12-22-13)24-18-9-15(8-16(21)10-18)20-19-5-3-2-4-14(19)11-23-20/h2-10,12,20,23H,11H2,1H3. The molecule has 3 nitrogen and oxygen atoms in total. The van der Waals surface area contributed by atoms with E-state index in [2.05, 4.69) is 22.4 Å². The molecule has 0 saturated heterocycles. The van der Waals surface area contributed by atoms with E-state index in [9.17, 15) is 4.39 Å². The van der Waals surface area contributed by atoms with Gasteiger partial charge in [-0.1, -0.05) is 24.3 Å². The smallest absolute Gasteiger partial charge is 0.145 e. The highest BCUT2D eigenvalue weighted by atomic mass is 19.1. The molecule has 2 aromatic carbocycles. The van der Waals surface area contributed by atoms with Gasteiger partial charge in [-0.25, -0.2) is 4.39 Å². The van der Waals surface area contributed by atoms with Crippen molar-refractivity contribution in [2.45, 2.75) is 19.5 Å². The fourth-order valence-electron chi connectivity index (χ4n) is 3.06. The average Bonchev–Trinajstić information content (AvgIpc) is 3.01. The number of nitrogens with one attached hydrogen (secondary N) is 1. The second kappa shape index (κ2) is 6.06. The van der Waals surface area contributed by atoms with E-state index in [4.69, 9.17) is 4.74 Å². The maximum atomic E-state index is 14.1. The number of ether oxygens (including phenoxy) is 1. The maximum Gasteiger partial charge on any atom is 0.145 e. The minimum Gasteiger partial charge on any atom is -0.456 e. The minimum atomic E-state index is -0.311. The van der Waals surface area contributed by atoms with Crippen LogP contribution < -0.4 is 10.1 Å². The van der Waals surface area contributed by atoms with Gasteiger partial charge in [0.1, 0.15) is 17.3 Å². The lowest BCUT2D eigenvalue weighted by atomic mass is 9.98. The van der Waals surface area contributed by atoms with Crippen LogP contribution in [0, 0.1) is 12.7 Å². The summed E-state index contributed by atoms with van der Waals surface area (Å²) in [4.78, 5) is 4.20. The number of aryl methyl sites for hydroxylation is 1. The quantitative estimate of drug-likeness (QED) is 0.771. The Morgan fingerprint density at radius 3 is 2.79 bits per heavy atom.